The fourth-order valence-electron chi connectivity index (χ4n) is 3.45. The quantitative estimate of drug-likeness (QED) is 0.610. The van der Waals surface area contributed by atoms with E-state index in [0.717, 1.165) is 45.2 Å². The zero-order chi connectivity index (χ0) is 17.1. The van der Waals surface area contributed by atoms with Crippen molar-refractivity contribution in [1.82, 2.24) is 4.90 Å². The molecule has 0 aliphatic carbocycles. The van der Waals surface area contributed by atoms with Crippen molar-refractivity contribution in [3.05, 3.63) is 38.4 Å². The molecule has 0 saturated carbocycles. The summed E-state index contributed by atoms with van der Waals surface area (Å²) < 4.78 is 5.37. The van der Waals surface area contributed by atoms with Gasteiger partial charge in [0.1, 0.15) is 5.69 Å². The second kappa shape index (κ2) is 7.10. The lowest BCUT2D eigenvalue weighted by Crippen LogP contribution is -2.49. The van der Waals surface area contributed by atoms with E-state index in [9.17, 15) is 20.2 Å². The fraction of sp³-hybridized carbons (Fsp3) is 0.600. The zero-order valence-corrected chi connectivity index (χ0v) is 13.3. The molecule has 0 N–H and O–H groups in total. The van der Waals surface area contributed by atoms with Crippen LogP contribution >= 0.6 is 0 Å². The van der Waals surface area contributed by atoms with Crippen LogP contribution in [0.1, 0.15) is 12.8 Å². The molecule has 1 aromatic carbocycles. The SMILES string of the molecule is O=[N+]([O-])c1ccc(N2CCC(N3CCOCC3)CC2)c([N+](=O)[O-])c1. The molecule has 24 heavy (non-hydrogen) atoms. The van der Waals surface area contributed by atoms with Crippen LogP contribution < -0.4 is 4.90 Å². The Labute approximate surface area is 139 Å². The Morgan fingerprint density at radius 3 is 2.25 bits per heavy atom. The summed E-state index contributed by atoms with van der Waals surface area (Å²) in [4.78, 5) is 25.3. The van der Waals surface area contributed by atoms with Gasteiger partial charge in [0.15, 0.2) is 0 Å². The molecule has 0 spiro atoms. The molecule has 9 heteroatoms. The molecule has 0 aromatic heterocycles. The number of nitrogens with zero attached hydrogens (tertiary/aromatic N) is 4. The molecule has 0 amide bonds. The molecule has 3 rings (SSSR count). The summed E-state index contributed by atoms with van der Waals surface area (Å²) in [5.74, 6) is 0. The van der Waals surface area contributed by atoms with Crippen LogP contribution in [0.3, 0.4) is 0 Å². The lowest BCUT2D eigenvalue weighted by molar-refractivity contribution is -0.393. The first-order valence-corrected chi connectivity index (χ1v) is 8.06. The number of nitro groups is 2. The molecule has 2 aliphatic heterocycles. The Balaban J connectivity index is 1.71. The molecule has 1 aromatic rings. The van der Waals surface area contributed by atoms with Crippen molar-refractivity contribution < 1.29 is 14.6 Å². The van der Waals surface area contributed by atoms with E-state index < -0.39 is 9.85 Å². The summed E-state index contributed by atoms with van der Waals surface area (Å²) in [7, 11) is 0. The molecule has 2 fully saturated rings. The Bertz CT molecular complexity index is 624. The van der Waals surface area contributed by atoms with Crippen LogP contribution in [0.5, 0.6) is 0 Å². The van der Waals surface area contributed by atoms with Crippen molar-refractivity contribution in [2.75, 3.05) is 44.3 Å². The monoisotopic (exact) mass is 336 g/mol. The van der Waals surface area contributed by atoms with Gasteiger partial charge in [-0.2, -0.15) is 0 Å². The first kappa shape index (κ1) is 16.6. The molecule has 9 nitrogen and oxygen atoms in total. The highest BCUT2D eigenvalue weighted by Crippen LogP contribution is 2.34. The molecule has 0 atom stereocenters. The summed E-state index contributed by atoms with van der Waals surface area (Å²) in [6.07, 6.45) is 1.85. The predicted molar refractivity (Wildman–Crippen MR) is 87.4 cm³/mol. The van der Waals surface area contributed by atoms with E-state index in [-0.39, 0.29) is 11.4 Å². The Hall–Kier alpha value is -2.26. The van der Waals surface area contributed by atoms with Gasteiger partial charge in [-0.3, -0.25) is 25.1 Å². The maximum Gasteiger partial charge on any atom is 0.299 e. The molecule has 0 bridgehead atoms. The van der Waals surface area contributed by atoms with Crippen LogP contribution in [0.15, 0.2) is 18.2 Å². The van der Waals surface area contributed by atoms with E-state index in [1.165, 1.54) is 12.1 Å². The molecule has 0 radical (unpaired) electrons. The van der Waals surface area contributed by atoms with Gasteiger partial charge in [-0.1, -0.05) is 0 Å². The third-order valence-corrected chi connectivity index (χ3v) is 4.73. The van der Waals surface area contributed by atoms with Crippen molar-refractivity contribution >= 4 is 17.1 Å². The number of benzene rings is 1. The predicted octanol–water partition coefficient (Wildman–Crippen LogP) is 1.80. The molecular weight excluding hydrogens is 316 g/mol. The van der Waals surface area contributed by atoms with Gasteiger partial charge in [0, 0.05) is 38.3 Å². The largest absolute Gasteiger partial charge is 0.379 e. The zero-order valence-electron chi connectivity index (χ0n) is 13.3. The van der Waals surface area contributed by atoms with Crippen LogP contribution in [-0.4, -0.2) is 60.2 Å². The van der Waals surface area contributed by atoms with Crippen LogP contribution in [0.2, 0.25) is 0 Å². The van der Waals surface area contributed by atoms with Crippen LogP contribution in [0.4, 0.5) is 17.1 Å². The van der Waals surface area contributed by atoms with E-state index in [1.807, 2.05) is 4.90 Å². The number of hydrogen-bond donors (Lipinski definition) is 0. The lowest BCUT2D eigenvalue weighted by Gasteiger charge is -2.40. The second-order valence-electron chi connectivity index (χ2n) is 6.05. The first-order chi connectivity index (χ1) is 11.6. The number of anilines is 1. The molecule has 0 unspecified atom stereocenters. The highest BCUT2D eigenvalue weighted by molar-refractivity contribution is 5.67. The van der Waals surface area contributed by atoms with Crippen molar-refractivity contribution in [3.63, 3.8) is 0 Å². The number of rotatable bonds is 4. The summed E-state index contributed by atoms with van der Waals surface area (Å²) in [5, 5.41) is 22.1. The Kier molecular flexibility index (Phi) is 4.91. The molecule has 2 aliphatic rings. The second-order valence-corrected chi connectivity index (χ2v) is 6.05. The minimum Gasteiger partial charge on any atom is -0.379 e. The maximum absolute atomic E-state index is 11.3. The highest BCUT2D eigenvalue weighted by Gasteiger charge is 2.29. The summed E-state index contributed by atoms with van der Waals surface area (Å²) in [6, 6.07) is 4.34. The number of morpholine rings is 1. The average molecular weight is 336 g/mol. The lowest BCUT2D eigenvalue weighted by atomic mass is 10.0. The van der Waals surface area contributed by atoms with Crippen LogP contribution in [-0.2, 0) is 4.74 Å². The molecule has 130 valence electrons. The summed E-state index contributed by atoms with van der Waals surface area (Å²) >= 11 is 0. The average Bonchev–Trinajstić information content (AvgIpc) is 2.62. The molecule has 2 heterocycles. The number of nitro benzene ring substituents is 2. The first-order valence-electron chi connectivity index (χ1n) is 8.06. The van der Waals surface area contributed by atoms with Crippen molar-refractivity contribution in [3.8, 4) is 0 Å². The van der Waals surface area contributed by atoms with Crippen molar-refractivity contribution in [2.24, 2.45) is 0 Å². The van der Waals surface area contributed by atoms with E-state index in [4.69, 9.17) is 4.74 Å². The van der Waals surface area contributed by atoms with Crippen molar-refractivity contribution in [2.45, 2.75) is 18.9 Å². The van der Waals surface area contributed by atoms with Gasteiger partial charge < -0.3 is 9.64 Å². The maximum atomic E-state index is 11.3. The van der Waals surface area contributed by atoms with Gasteiger partial charge in [0.2, 0.25) is 0 Å². The normalized spacial score (nSPS) is 20.1. The van der Waals surface area contributed by atoms with Gasteiger partial charge in [0.05, 0.1) is 29.1 Å². The van der Waals surface area contributed by atoms with Gasteiger partial charge in [0.25, 0.3) is 11.4 Å². The summed E-state index contributed by atoms with van der Waals surface area (Å²) in [6.45, 7) is 4.80. The molecule has 2 saturated heterocycles. The van der Waals surface area contributed by atoms with Crippen molar-refractivity contribution in [1.29, 1.82) is 0 Å². The third kappa shape index (κ3) is 3.46. The fourth-order valence-corrected chi connectivity index (χ4v) is 3.45. The number of hydrogen-bond acceptors (Lipinski definition) is 7. The topological polar surface area (TPSA) is 102 Å². The van der Waals surface area contributed by atoms with E-state index in [0.29, 0.717) is 24.8 Å². The smallest absolute Gasteiger partial charge is 0.299 e. The Morgan fingerprint density at radius 2 is 1.67 bits per heavy atom. The van der Waals surface area contributed by atoms with Crippen LogP contribution in [0, 0.1) is 20.2 Å². The summed E-state index contributed by atoms with van der Waals surface area (Å²) in [5.41, 5.74) is 0.00806. The molecular formula is C15H20N4O5. The van der Waals surface area contributed by atoms with Gasteiger partial charge in [-0.25, -0.2) is 0 Å². The Morgan fingerprint density at radius 1 is 1.00 bits per heavy atom. The minimum atomic E-state index is -0.610. The van der Waals surface area contributed by atoms with Gasteiger partial charge >= 0.3 is 0 Å². The van der Waals surface area contributed by atoms with Crippen LogP contribution in [0.25, 0.3) is 0 Å². The number of piperidine rings is 1. The third-order valence-electron chi connectivity index (χ3n) is 4.73. The highest BCUT2D eigenvalue weighted by atomic mass is 16.6. The number of non-ortho nitro benzene ring substituents is 1. The van der Waals surface area contributed by atoms with Gasteiger partial charge in [-0.05, 0) is 18.9 Å². The minimum absolute atomic E-state index is 0.200. The standard InChI is InChI=1S/C15H20N4O5/c20-18(21)13-1-2-14(15(11-13)19(22)23)17-5-3-12(4-6-17)16-7-9-24-10-8-16/h1-2,11-12H,3-10H2. The number of ether oxygens (including phenoxy) is 1. The van der Waals surface area contributed by atoms with Gasteiger partial charge in [-0.15, -0.1) is 0 Å². The van der Waals surface area contributed by atoms with E-state index in [1.54, 1.807) is 0 Å². The van der Waals surface area contributed by atoms with E-state index >= 15 is 0 Å². The van der Waals surface area contributed by atoms with E-state index in [2.05, 4.69) is 4.90 Å².